The van der Waals surface area contributed by atoms with Gasteiger partial charge in [-0.05, 0) is 49.9 Å². The van der Waals surface area contributed by atoms with Crippen molar-refractivity contribution in [1.29, 1.82) is 0 Å². The maximum atomic E-state index is 13.2. The number of carbonyl (C=O) groups is 1. The molecule has 8 heteroatoms. The van der Waals surface area contributed by atoms with Crippen LogP contribution in [0.1, 0.15) is 36.2 Å². The molecule has 0 saturated carbocycles. The van der Waals surface area contributed by atoms with E-state index < -0.39 is 0 Å². The second kappa shape index (κ2) is 8.19. The zero-order valence-corrected chi connectivity index (χ0v) is 17.9. The monoisotopic (exact) mass is 419 g/mol. The molecule has 3 aromatic rings. The molecule has 2 aliphatic heterocycles. The van der Waals surface area contributed by atoms with Crippen molar-refractivity contribution in [2.24, 2.45) is 12.8 Å². The first-order valence-corrected chi connectivity index (χ1v) is 11.1. The van der Waals surface area contributed by atoms with Crippen LogP contribution in [0.4, 0.5) is 17.2 Å². The van der Waals surface area contributed by atoms with Crippen LogP contribution in [0.2, 0.25) is 0 Å². The number of nitrogens with zero attached hydrogens (tertiary/aromatic N) is 5. The summed E-state index contributed by atoms with van der Waals surface area (Å²) in [5, 5.41) is 8.69. The number of aromatic nitrogens is 3. The smallest absolute Gasteiger partial charge is 0.274 e. The topological polar surface area (TPSA) is 92.3 Å². The average molecular weight is 420 g/mol. The molecular formula is C23H29N7O. The zero-order chi connectivity index (χ0) is 21.4. The number of benzene rings is 1. The van der Waals surface area contributed by atoms with Gasteiger partial charge in [0.2, 0.25) is 0 Å². The number of hydrogen-bond acceptors (Lipinski definition) is 6. The molecule has 1 aromatic carbocycles. The molecule has 2 aromatic heterocycles. The van der Waals surface area contributed by atoms with E-state index in [1.54, 1.807) is 6.07 Å². The SMILES string of the molecule is Cn1cc2cc(NC(=O)c3cccc(N4CC[C@H](N)C4)n3)c(N3CCCCC3)cc2n1. The highest BCUT2D eigenvalue weighted by Crippen LogP contribution is 2.33. The van der Waals surface area contributed by atoms with E-state index in [2.05, 4.69) is 31.3 Å². The highest BCUT2D eigenvalue weighted by Gasteiger charge is 2.22. The van der Waals surface area contributed by atoms with Gasteiger partial charge in [-0.15, -0.1) is 0 Å². The van der Waals surface area contributed by atoms with Gasteiger partial charge < -0.3 is 20.9 Å². The van der Waals surface area contributed by atoms with Crippen molar-refractivity contribution in [3.8, 4) is 0 Å². The lowest BCUT2D eigenvalue weighted by atomic mass is 10.1. The van der Waals surface area contributed by atoms with E-state index in [9.17, 15) is 4.79 Å². The molecule has 2 fully saturated rings. The van der Waals surface area contributed by atoms with Gasteiger partial charge >= 0.3 is 0 Å². The normalized spacial score (nSPS) is 19.2. The van der Waals surface area contributed by atoms with Gasteiger partial charge in [0.05, 0.1) is 16.9 Å². The van der Waals surface area contributed by atoms with Crippen molar-refractivity contribution in [2.45, 2.75) is 31.7 Å². The molecule has 0 bridgehead atoms. The second-order valence-corrected chi connectivity index (χ2v) is 8.61. The number of aryl methyl sites for hydroxylation is 1. The molecule has 8 nitrogen and oxygen atoms in total. The van der Waals surface area contributed by atoms with Gasteiger partial charge in [-0.2, -0.15) is 5.10 Å². The Morgan fingerprint density at radius 1 is 1.13 bits per heavy atom. The molecule has 0 spiro atoms. The fourth-order valence-electron chi connectivity index (χ4n) is 4.59. The summed E-state index contributed by atoms with van der Waals surface area (Å²) in [5.74, 6) is 0.603. The van der Waals surface area contributed by atoms with Gasteiger partial charge in [-0.25, -0.2) is 4.98 Å². The maximum absolute atomic E-state index is 13.2. The lowest BCUT2D eigenvalue weighted by Crippen LogP contribution is -2.30. The quantitative estimate of drug-likeness (QED) is 0.676. The molecule has 0 radical (unpaired) electrons. The van der Waals surface area contributed by atoms with Gasteiger partial charge in [-0.3, -0.25) is 9.48 Å². The van der Waals surface area contributed by atoms with E-state index in [4.69, 9.17) is 5.73 Å². The van der Waals surface area contributed by atoms with Crippen molar-refractivity contribution < 1.29 is 4.79 Å². The number of amides is 1. The fourth-order valence-corrected chi connectivity index (χ4v) is 4.59. The van der Waals surface area contributed by atoms with Crippen LogP contribution in [-0.2, 0) is 7.05 Å². The van der Waals surface area contributed by atoms with Crippen LogP contribution in [-0.4, -0.2) is 52.9 Å². The Hall–Kier alpha value is -3.13. The van der Waals surface area contributed by atoms with E-state index in [1.165, 1.54) is 6.42 Å². The Balaban J connectivity index is 1.44. The summed E-state index contributed by atoms with van der Waals surface area (Å²) >= 11 is 0. The highest BCUT2D eigenvalue weighted by atomic mass is 16.1. The first kappa shape index (κ1) is 19.8. The summed E-state index contributed by atoms with van der Waals surface area (Å²) < 4.78 is 1.81. The molecule has 0 unspecified atom stereocenters. The van der Waals surface area contributed by atoms with Crippen molar-refractivity contribution in [2.75, 3.05) is 41.3 Å². The van der Waals surface area contributed by atoms with E-state index in [1.807, 2.05) is 36.1 Å². The Morgan fingerprint density at radius 2 is 1.97 bits per heavy atom. The molecular weight excluding hydrogens is 390 g/mol. The number of nitrogens with two attached hydrogens (primary N) is 1. The Bertz CT molecular complexity index is 1100. The van der Waals surface area contributed by atoms with Crippen molar-refractivity contribution in [3.63, 3.8) is 0 Å². The molecule has 5 rings (SSSR count). The van der Waals surface area contributed by atoms with Crippen molar-refractivity contribution in [1.82, 2.24) is 14.8 Å². The van der Waals surface area contributed by atoms with Crippen molar-refractivity contribution >= 4 is 34.0 Å². The number of pyridine rings is 1. The van der Waals surface area contributed by atoms with Crippen LogP contribution in [0, 0.1) is 0 Å². The van der Waals surface area contributed by atoms with Crippen LogP contribution in [0.25, 0.3) is 10.9 Å². The molecule has 1 atom stereocenters. The summed E-state index contributed by atoms with van der Waals surface area (Å²) in [6, 6.07) is 9.86. The van der Waals surface area contributed by atoms with Crippen LogP contribution in [0.3, 0.4) is 0 Å². The summed E-state index contributed by atoms with van der Waals surface area (Å²) in [4.78, 5) is 22.3. The van der Waals surface area contributed by atoms with E-state index in [0.29, 0.717) is 5.69 Å². The minimum Gasteiger partial charge on any atom is -0.370 e. The number of nitrogens with one attached hydrogen (secondary N) is 1. The van der Waals surface area contributed by atoms with E-state index in [-0.39, 0.29) is 11.9 Å². The fraction of sp³-hybridized carbons (Fsp3) is 0.435. The minimum absolute atomic E-state index is 0.164. The molecule has 2 saturated heterocycles. The highest BCUT2D eigenvalue weighted by molar-refractivity contribution is 6.06. The standard InChI is InChI=1S/C23H29N7O/c1-28-14-16-12-20(21(13-19(16)27-28)29-9-3-2-4-10-29)26-23(31)18-6-5-7-22(25-18)30-11-8-17(24)15-30/h5-7,12-14,17H,2-4,8-11,15,24H2,1H3,(H,26,31)/t17-/m0/s1. The zero-order valence-electron chi connectivity index (χ0n) is 17.9. The molecule has 162 valence electrons. The minimum atomic E-state index is -0.202. The number of carbonyl (C=O) groups excluding carboxylic acids is 1. The lowest BCUT2D eigenvalue weighted by Gasteiger charge is -2.30. The first-order chi connectivity index (χ1) is 15.1. The molecule has 3 N–H and O–H groups in total. The summed E-state index contributed by atoms with van der Waals surface area (Å²) in [7, 11) is 1.92. The van der Waals surface area contributed by atoms with Crippen LogP contribution < -0.4 is 20.9 Å². The van der Waals surface area contributed by atoms with E-state index in [0.717, 1.165) is 73.5 Å². The van der Waals surface area contributed by atoms with Gasteiger partial charge in [0.15, 0.2) is 0 Å². The number of rotatable bonds is 4. The number of hydrogen-bond donors (Lipinski definition) is 2. The van der Waals surface area contributed by atoms with Crippen LogP contribution >= 0.6 is 0 Å². The lowest BCUT2D eigenvalue weighted by molar-refractivity contribution is 0.102. The summed E-state index contributed by atoms with van der Waals surface area (Å²) in [6.07, 6.45) is 6.49. The predicted octanol–water partition coefficient (Wildman–Crippen LogP) is 2.75. The Labute approximate surface area is 182 Å². The summed E-state index contributed by atoms with van der Waals surface area (Å²) in [5.41, 5.74) is 9.22. The number of anilines is 3. The Kier molecular flexibility index (Phi) is 5.23. The predicted molar refractivity (Wildman–Crippen MR) is 124 cm³/mol. The third kappa shape index (κ3) is 4.07. The number of piperidine rings is 1. The molecule has 4 heterocycles. The third-order valence-corrected chi connectivity index (χ3v) is 6.20. The van der Waals surface area contributed by atoms with Gasteiger partial charge in [-0.1, -0.05) is 6.07 Å². The largest absolute Gasteiger partial charge is 0.370 e. The maximum Gasteiger partial charge on any atom is 0.274 e. The van der Waals surface area contributed by atoms with Gasteiger partial charge in [0, 0.05) is 50.9 Å². The molecule has 31 heavy (non-hydrogen) atoms. The Morgan fingerprint density at radius 3 is 2.74 bits per heavy atom. The average Bonchev–Trinajstić information content (AvgIpc) is 3.38. The molecule has 0 aliphatic carbocycles. The van der Waals surface area contributed by atoms with E-state index >= 15 is 0 Å². The van der Waals surface area contributed by atoms with Crippen molar-refractivity contribution in [3.05, 3.63) is 42.2 Å². The van der Waals surface area contributed by atoms with Gasteiger partial charge in [0.1, 0.15) is 11.5 Å². The van der Waals surface area contributed by atoms with Crippen LogP contribution in [0.5, 0.6) is 0 Å². The molecule has 1 amide bonds. The summed E-state index contributed by atoms with van der Waals surface area (Å²) in [6.45, 7) is 3.62. The van der Waals surface area contributed by atoms with Crippen LogP contribution in [0.15, 0.2) is 36.5 Å². The molecule has 2 aliphatic rings. The second-order valence-electron chi connectivity index (χ2n) is 8.61. The third-order valence-electron chi connectivity index (χ3n) is 6.20. The number of fused-ring (bicyclic) bond motifs is 1. The first-order valence-electron chi connectivity index (χ1n) is 11.1. The van der Waals surface area contributed by atoms with Gasteiger partial charge in [0.25, 0.3) is 5.91 Å².